The van der Waals surface area contributed by atoms with Crippen LogP contribution in [0.5, 0.6) is 0 Å². The van der Waals surface area contributed by atoms with Crippen LogP contribution in [0, 0.1) is 0 Å². The Bertz CT molecular complexity index is 462. The number of aryl methyl sites for hydroxylation is 1. The van der Waals surface area contributed by atoms with Gasteiger partial charge in [-0.2, -0.15) is 0 Å². The van der Waals surface area contributed by atoms with E-state index in [1.807, 2.05) is 4.90 Å². The van der Waals surface area contributed by atoms with E-state index in [-0.39, 0.29) is 10.2 Å². The number of rotatable bonds is 2. The van der Waals surface area contributed by atoms with E-state index < -0.39 is 0 Å². The quantitative estimate of drug-likeness (QED) is 0.763. The summed E-state index contributed by atoms with van der Waals surface area (Å²) >= 11 is 3.68. The first kappa shape index (κ1) is 13.6. The van der Waals surface area contributed by atoms with Crippen molar-refractivity contribution in [2.45, 2.75) is 44.4 Å². The first-order chi connectivity index (χ1) is 8.37. The first-order valence-electron chi connectivity index (χ1n) is 6.46. The molecule has 0 saturated heterocycles. The molecule has 3 heteroatoms. The minimum Gasteiger partial charge on any atom is -0.312 e. The predicted molar refractivity (Wildman–Crippen MR) is 79.5 cm³/mol. The normalized spacial score (nSPS) is 15.4. The van der Waals surface area contributed by atoms with E-state index in [2.05, 4.69) is 48.0 Å². The van der Waals surface area contributed by atoms with Gasteiger partial charge in [0.2, 0.25) is 5.91 Å². The second kappa shape index (κ2) is 5.04. The summed E-state index contributed by atoms with van der Waals surface area (Å²) in [4.78, 5) is 13.5. The minimum atomic E-state index is 0.121. The van der Waals surface area contributed by atoms with E-state index in [9.17, 15) is 4.79 Å². The van der Waals surface area contributed by atoms with Crippen molar-refractivity contribution in [3.05, 3.63) is 29.3 Å². The van der Waals surface area contributed by atoms with Gasteiger partial charge in [-0.15, -0.1) is 0 Å². The first-order valence-corrected chi connectivity index (χ1v) is 7.25. The van der Waals surface area contributed by atoms with Crippen LogP contribution >= 0.6 is 15.9 Å². The molecule has 98 valence electrons. The highest BCUT2D eigenvalue weighted by molar-refractivity contribution is 9.10. The molecule has 1 aromatic carbocycles. The van der Waals surface area contributed by atoms with Crippen LogP contribution < -0.4 is 4.90 Å². The Morgan fingerprint density at radius 1 is 1.44 bits per heavy atom. The summed E-state index contributed by atoms with van der Waals surface area (Å²) in [5, 5.41) is 0. The zero-order valence-electron chi connectivity index (χ0n) is 11.3. The number of carbonyl (C=O) groups is 1. The van der Waals surface area contributed by atoms with Crippen molar-refractivity contribution in [1.82, 2.24) is 0 Å². The van der Waals surface area contributed by atoms with Gasteiger partial charge >= 0.3 is 0 Å². The van der Waals surface area contributed by atoms with E-state index in [4.69, 9.17) is 0 Å². The van der Waals surface area contributed by atoms with E-state index in [1.54, 1.807) is 6.92 Å². The molecule has 0 bridgehead atoms. The second-order valence-corrected chi connectivity index (χ2v) is 7.78. The standard InChI is InChI=1S/C15H20BrNO/c1-11(18)17-8-4-5-13-9-12(6-7-14(13)17)10-15(2,3)16/h6-7,9H,4-5,8,10H2,1-3H3. The molecule has 0 aliphatic carbocycles. The highest BCUT2D eigenvalue weighted by Gasteiger charge is 2.21. The Kier molecular flexibility index (Phi) is 3.81. The Hall–Kier alpha value is -0.830. The van der Waals surface area contributed by atoms with Gasteiger partial charge in [0.15, 0.2) is 0 Å². The van der Waals surface area contributed by atoms with Gasteiger partial charge in [0.25, 0.3) is 0 Å². The SMILES string of the molecule is CC(=O)N1CCCc2cc(CC(C)(C)Br)ccc21. The van der Waals surface area contributed by atoms with Crippen molar-refractivity contribution in [2.75, 3.05) is 11.4 Å². The molecule has 1 aliphatic heterocycles. The molecule has 0 saturated carbocycles. The van der Waals surface area contributed by atoms with E-state index in [1.165, 1.54) is 11.1 Å². The number of alkyl halides is 1. The van der Waals surface area contributed by atoms with Gasteiger partial charge in [0.05, 0.1) is 0 Å². The molecule has 0 radical (unpaired) electrons. The van der Waals surface area contributed by atoms with E-state index in [0.29, 0.717) is 0 Å². The third-order valence-corrected chi connectivity index (χ3v) is 3.55. The van der Waals surface area contributed by atoms with Crippen LogP contribution in [0.4, 0.5) is 5.69 Å². The molecule has 2 rings (SSSR count). The molecular formula is C15H20BrNO. The summed E-state index contributed by atoms with van der Waals surface area (Å²) in [5.74, 6) is 0.143. The van der Waals surface area contributed by atoms with Gasteiger partial charge in [-0.05, 0) is 50.3 Å². The van der Waals surface area contributed by atoms with Gasteiger partial charge in [-0.3, -0.25) is 4.79 Å². The van der Waals surface area contributed by atoms with Crippen molar-refractivity contribution in [3.63, 3.8) is 0 Å². The summed E-state index contributed by atoms with van der Waals surface area (Å²) in [7, 11) is 0. The topological polar surface area (TPSA) is 20.3 Å². The van der Waals surface area contributed by atoms with Gasteiger partial charge < -0.3 is 4.90 Å². The van der Waals surface area contributed by atoms with Crippen molar-refractivity contribution in [3.8, 4) is 0 Å². The maximum atomic E-state index is 11.6. The molecule has 18 heavy (non-hydrogen) atoms. The third-order valence-electron chi connectivity index (χ3n) is 3.27. The van der Waals surface area contributed by atoms with Crippen molar-refractivity contribution in [2.24, 2.45) is 0 Å². The Morgan fingerprint density at radius 2 is 2.17 bits per heavy atom. The molecule has 1 aromatic rings. The highest BCUT2D eigenvalue weighted by atomic mass is 79.9. The maximum absolute atomic E-state index is 11.6. The fourth-order valence-corrected chi connectivity index (χ4v) is 2.90. The molecule has 1 amide bonds. The fourth-order valence-electron chi connectivity index (χ4n) is 2.57. The summed E-state index contributed by atoms with van der Waals surface area (Å²) in [5.41, 5.74) is 3.75. The third kappa shape index (κ3) is 3.14. The zero-order valence-corrected chi connectivity index (χ0v) is 12.9. The molecular weight excluding hydrogens is 290 g/mol. The Morgan fingerprint density at radius 3 is 2.78 bits per heavy atom. The summed E-state index contributed by atoms with van der Waals surface area (Å²) in [6.07, 6.45) is 3.14. The minimum absolute atomic E-state index is 0.121. The number of nitrogens with zero attached hydrogens (tertiary/aromatic N) is 1. The van der Waals surface area contributed by atoms with Crippen LogP contribution in [0.1, 0.15) is 38.3 Å². The second-order valence-electron chi connectivity index (χ2n) is 5.63. The Balaban J connectivity index is 2.30. The van der Waals surface area contributed by atoms with Gasteiger partial charge in [0, 0.05) is 23.5 Å². The number of hydrogen-bond donors (Lipinski definition) is 0. The molecule has 1 aliphatic rings. The maximum Gasteiger partial charge on any atom is 0.223 e. The molecule has 0 aromatic heterocycles. The van der Waals surface area contributed by atoms with Crippen molar-refractivity contribution < 1.29 is 4.79 Å². The molecule has 0 unspecified atom stereocenters. The zero-order chi connectivity index (χ0) is 13.3. The van der Waals surface area contributed by atoms with E-state index >= 15 is 0 Å². The molecule has 0 N–H and O–H groups in total. The molecule has 0 fully saturated rings. The smallest absolute Gasteiger partial charge is 0.223 e. The summed E-state index contributed by atoms with van der Waals surface area (Å²) in [6, 6.07) is 6.50. The predicted octanol–water partition coefficient (Wildman–Crippen LogP) is 3.70. The number of amides is 1. The molecule has 0 spiro atoms. The van der Waals surface area contributed by atoms with Gasteiger partial charge in [0.1, 0.15) is 0 Å². The highest BCUT2D eigenvalue weighted by Crippen LogP contribution is 2.30. The lowest BCUT2D eigenvalue weighted by molar-refractivity contribution is -0.116. The fraction of sp³-hybridized carbons (Fsp3) is 0.533. The summed E-state index contributed by atoms with van der Waals surface area (Å²) < 4.78 is 0.121. The van der Waals surface area contributed by atoms with Crippen LogP contribution in [0.2, 0.25) is 0 Å². The van der Waals surface area contributed by atoms with Crippen LogP contribution in [0.25, 0.3) is 0 Å². The van der Waals surface area contributed by atoms with Crippen molar-refractivity contribution in [1.29, 1.82) is 0 Å². The van der Waals surface area contributed by atoms with Crippen LogP contribution in [-0.2, 0) is 17.6 Å². The molecule has 2 nitrogen and oxygen atoms in total. The average molecular weight is 310 g/mol. The lowest BCUT2D eigenvalue weighted by Gasteiger charge is -2.29. The number of benzene rings is 1. The number of anilines is 1. The number of halogens is 1. The Labute approximate surface area is 117 Å². The molecule has 0 atom stereocenters. The lowest BCUT2D eigenvalue weighted by atomic mass is 9.95. The summed E-state index contributed by atoms with van der Waals surface area (Å²) in [6.45, 7) is 6.85. The van der Waals surface area contributed by atoms with E-state index in [0.717, 1.165) is 31.5 Å². The lowest BCUT2D eigenvalue weighted by Crippen LogP contribution is -2.33. The van der Waals surface area contributed by atoms with Crippen LogP contribution in [0.15, 0.2) is 18.2 Å². The van der Waals surface area contributed by atoms with Crippen LogP contribution in [-0.4, -0.2) is 16.8 Å². The van der Waals surface area contributed by atoms with Crippen molar-refractivity contribution >= 4 is 27.5 Å². The van der Waals surface area contributed by atoms with Gasteiger partial charge in [-0.1, -0.05) is 28.1 Å². The molecule has 1 heterocycles. The average Bonchev–Trinajstić information content (AvgIpc) is 2.25. The number of hydrogen-bond acceptors (Lipinski definition) is 1. The van der Waals surface area contributed by atoms with Crippen LogP contribution in [0.3, 0.4) is 0 Å². The monoisotopic (exact) mass is 309 g/mol. The number of fused-ring (bicyclic) bond motifs is 1. The largest absolute Gasteiger partial charge is 0.312 e. The van der Waals surface area contributed by atoms with Gasteiger partial charge in [-0.25, -0.2) is 0 Å². The number of carbonyl (C=O) groups excluding carboxylic acids is 1.